The maximum absolute atomic E-state index is 13.9. The van der Waals surface area contributed by atoms with Crippen molar-refractivity contribution in [1.82, 2.24) is 0 Å². The number of amidine groups is 1. The highest BCUT2D eigenvalue weighted by Gasteiger charge is 2.49. The molecule has 0 N–H and O–H groups in total. The number of aliphatic imine (C=N–C) groups is 1. The number of anilines is 1. The maximum Gasteiger partial charge on any atom is 0.248 e. The van der Waals surface area contributed by atoms with Gasteiger partial charge in [-0.1, -0.05) is 37.2 Å². The Morgan fingerprint density at radius 1 is 1.44 bits per heavy atom. The molecule has 0 aliphatic carbocycles. The fourth-order valence-corrected chi connectivity index (χ4v) is 7.05. The maximum atomic E-state index is 13.9. The van der Waals surface area contributed by atoms with Crippen molar-refractivity contribution in [3.8, 4) is 0 Å². The topological polar surface area (TPSA) is 66.8 Å². The van der Waals surface area contributed by atoms with Gasteiger partial charge in [0.2, 0.25) is 5.91 Å². The quantitative estimate of drug-likeness (QED) is 0.774. The molecule has 1 amide bonds. The predicted molar refractivity (Wildman–Crippen MR) is 99.6 cm³/mol. The van der Waals surface area contributed by atoms with E-state index >= 15 is 0 Å². The molecule has 2 heterocycles. The number of nitrogens with zero attached hydrogens (tertiary/aromatic N) is 2. The van der Waals surface area contributed by atoms with Crippen LogP contribution in [0.5, 0.6) is 0 Å². The summed E-state index contributed by atoms with van der Waals surface area (Å²) in [7, 11) is -3.16. The largest absolute Gasteiger partial charge is 0.315 e. The van der Waals surface area contributed by atoms with Crippen LogP contribution >= 0.6 is 23.4 Å². The lowest BCUT2D eigenvalue weighted by Gasteiger charge is -2.24. The van der Waals surface area contributed by atoms with Crippen molar-refractivity contribution in [3.63, 3.8) is 0 Å². The van der Waals surface area contributed by atoms with E-state index in [1.807, 2.05) is 13.8 Å². The lowest BCUT2D eigenvalue weighted by atomic mass is 10.1. The van der Waals surface area contributed by atoms with Crippen molar-refractivity contribution >= 4 is 50.0 Å². The van der Waals surface area contributed by atoms with E-state index in [-0.39, 0.29) is 39.6 Å². The molecule has 3 rings (SSSR count). The first-order valence-electron chi connectivity index (χ1n) is 7.89. The Morgan fingerprint density at radius 2 is 2.16 bits per heavy atom. The zero-order valence-electron chi connectivity index (χ0n) is 13.8. The molecule has 25 heavy (non-hydrogen) atoms. The van der Waals surface area contributed by atoms with Gasteiger partial charge < -0.3 is 4.90 Å². The Bertz CT molecular complexity index is 842. The first-order valence-corrected chi connectivity index (χ1v) is 11.0. The molecule has 2 saturated heterocycles. The summed E-state index contributed by atoms with van der Waals surface area (Å²) >= 11 is 7.02. The lowest BCUT2D eigenvalue weighted by molar-refractivity contribution is -0.118. The van der Waals surface area contributed by atoms with Crippen LogP contribution in [0.2, 0.25) is 5.02 Å². The van der Waals surface area contributed by atoms with E-state index in [2.05, 4.69) is 4.99 Å². The van der Waals surface area contributed by atoms with Gasteiger partial charge in [0.25, 0.3) is 0 Å². The number of sulfone groups is 1. The molecule has 2 fully saturated rings. The van der Waals surface area contributed by atoms with Crippen LogP contribution in [0.3, 0.4) is 0 Å². The number of hydrogen-bond donors (Lipinski definition) is 0. The number of halogens is 2. The van der Waals surface area contributed by atoms with Crippen molar-refractivity contribution < 1.29 is 17.6 Å². The minimum atomic E-state index is -3.16. The standard InChI is InChI=1S/C16H18ClFN2O3S2/c1-9(2)5-15(21)19-16-20(10-3-4-11(17)12(18)6-10)13-7-25(22,23)8-14(13)24-16/h3-4,6,9,13-14H,5,7-8H2,1-2H3/t13-,14-/m0/s1. The fourth-order valence-electron chi connectivity index (χ4n) is 3.00. The van der Waals surface area contributed by atoms with Crippen LogP contribution in [0.15, 0.2) is 23.2 Å². The number of carbonyl (C=O) groups is 1. The zero-order chi connectivity index (χ0) is 18.4. The van der Waals surface area contributed by atoms with Crippen molar-refractivity contribution in [2.75, 3.05) is 16.4 Å². The van der Waals surface area contributed by atoms with Crippen molar-refractivity contribution in [2.24, 2.45) is 10.9 Å². The van der Waals surface area contributed by atoms with Gasteiger partial charge in [-0.3, -0.25) is 4.79 Å². The van der Waals surface area contributed by atoms with Crippen LogP contribution in [0, 0.1) is 11.7 Å². The molecule has 2 aliphatic rings. The lowest BCUT2D eigenvalue weighted by Crippen LogP contribution is -2.37. The van der Waals surface area contributed by atoms with Gasteiger partial charge in [-0.05, 0) is 24.1 Å². The monoisotopic (exact) mass is 404 g/mol. The summed E-state index contributed by atoms with van der Waals surface area (Å²) in [6, 6.07) is 3.92. The van der Waals surface area contributed by atoms with E-state index in [0.717, 1.165) is 0 Å². The molecular formula is C16H18ClFN2O3S2. The third kappa shape index (κ3) is 4.01. The van der Waals surface area contributed by atoms with Crippen LogP contribution in [0.25, 0.3) is 0 Å². The Balaban J connectivity index is 1.99. The molecule has 136 valence electrons. The van der Waals surface area contributed by atoms with Crippen molar-refractivity contribution in [3.05, 3.63) is 29.0 Å². The molecule has 0 spiro atoms. The van der Waals surface area contributed by atoms with E-state index in [9.17, 15) is 17.6 Å². The molecule has 0 aromatic heterocycles. The summed E-state index contributed by atoms with van der Waals surface area (Å²) in [5, 5.41) is 0.201. The normalized spacial score (nSPS) is 26.4. The molecule has 1 aromatic rings. The van der Waals surface area contributed by atoms with Crippen LogP contribution in [-0.2, 0) is 14.6 Å². The number of rotatable bonds is 3. The second kappa shape index (κ2) is 6.89. The van der Waals surface area contributed by atoms with Crippen LogP contribution < -0.4 is 4.90 Å². The van der Waals surface area contributed by atoms with E-state index in [0.29, 0.717) is 17.3 Å². The van der Waals surface area contributed by atoms with E-state index in [4.69, 9.17) is 11.6 Å². The highest BCUT2D eigenvalue weighted by atomic mass is 35.5. The van der Waals surface area contributed by atoms with Gasteiger partial charge in [0, 0.05) is 17.4 Å². The first kappa shape index (κ1) is 18.7. The fraction of sp³-hybridized carbons (Fsp3) is 0.500. The predicted octanol–water partition coefficient (Wildman–Crippen LogP) is 3.13. The third-order valence-corrected chi connectivity index (χ3v) is 7.57. The number of carbonyl (C=O) groups excluding carboxylic acids is 1. The first-order chi connectivity index (χ1) is 11.7. The minimum absolute atomic E-state index is 0.0134. The molecule has 0 bridgehead atoms. The van der Waals surface area contributed by atoms with E-state index < -0.39 is 15.7 Å². The van der Waals surface area contributed by atoms with Gasteiger partial charge in [0.1, 0.15) is 5.82 Å². The molecular weight excluding hydrogens is 387 g/mol. The Labute approximate surface area is 155 Å². The summed E-state index contributed by atoms with van der Waals surface area (Å²) in [6.45, 7) is 3.85. The molecule has 0 unspecified atom stereocenters. The summed E-state index contributed by atoms with van der Waals surface area (Å²) in [5.74, 6) is -0.691. The van der Waals surface area contributed by atoms with Gasteiger partial charge in [-0.25, -0.2) is 12.8 Å². The number of thioether (sulfide) groups is 1. The number of fused-ring (bicyclic) bond motifs is 1. The van der Waals surface area contributed by atoms with E-state index in [1.54, 1.807) is 11.0 Å². The van der Waals surface area contributed by atoms with Gasteiger partial charge in [0.05, 0.1) is 22.6 Å². The average Bonchev–Trinajstić information content (AvgIpc) is 2.92. The molecule has 9 heteroatoms. The summed E-state index contributed by atoms with van der Waals surface area (Å²) in [4.78, 5) is 18.0. The summed E-state index contributed by atoms with van der Waals surface area (Å²) in [5.41, 5.74) is 0.454. The molecule has 0 radical (unpaired) electrons. The summed E-state index contributed by atoms with van der Waals surface area (Å²) in [6.07, 6.45) is 0.306. The smallest absolute Gasteiger partial charge is 0.248 e. The van der Waals surface area contributed by atoms with Gasteiger partial charge >= 0.3 is 0 Å². The number of hydrogen-bond acceptors (Lipinski definition) is 4. The average molecular weight is 405 g/mol. The zero-order valence-corrected chi connectivity index (χ0v) is 16.2. The van der Waals surface area contributed by atoms with Gasteiger partial charge in [0.15, 0.2) is 15.0 Å². The number of benzene rings is 1. The van der Waals surface area contributed by atoms with Crippen molar-refractivity contribution in [2.45, 2.75) is 31.6 Å². The van der Waals surface area contributed by atoms with Gasteiger partial charge in [-0.2, -0.15) is 4.99 Å². The second-order valence-corrected chi connectivity index (χ2v) is 10.4. The SMILES string of the molecule is CC(C)CC(=O)N=C1S[C@H]2CS(=O)(=O)C[C@@H]2N1c1ccc(Cl)c(F)c1. The highest BCUT2D eigenvalue weighted by Crippen LogP contribution is 2.41. The van der Waals surface area contributed by atoms with E-state index in [1.165, 1.54) is 23.9 Å². The van der Waals surface area contributed by atoms with Crippen LogP contribution in [0.4, 0.5) is 10.1 Å². The van der Waals surface area contributed by atoms with Gasteiger partial charge in [-0.15, -0.1) is 0 Å². The molecule has 0 saturated carbocycles. The Kier molecular flexibility index (Phi) is 5.14. The minimum Gasteiger partial charge on any atom is -0.315 e. The Hall–Kier alpha value is -1.12. The second-order valence-electron chi connectivity index (χ2n) is 6.66. The molecule has 5 nitrogen and oxygen atoms in total. The molecule has 2 atom stereocenters. The Morgan fingerprint density at radius 3 is 2.80 bits per heavy atom. The third-order valence-electron chi connectivity index (χ3n) is 4.05. The number of amides is 1. The summed E-state index contributed by atoms with van der Waals surface area (Å²) < 4.78 is 37.8. The van der Waals surface area contributed by atoms with Crippen LogP contribution in [0.1, 0.15) is 20.3 Å². The highest BCUT2D eigenvalue weighted by molar-refractivity contribution is 8.16. The molecule has 2 aliphatic heterocycles. The van der Waals surface area contributed by atoms with Crippen molar-refractivity contribution in [1.29, 1.82) is 0 Å². The van der Waals surface area contributed by atoms with Crippen LogP contribution in [-0.4, -0.2) is 42.3 Å². The molecule has 1 aromatic carbocycles.